The molecule has 0 bridgehead atoms. The summed E-state index contributed by atoms with van der Waals surface area (Å²) in [4.78, 5) is 10.8. The highest BCUT2D eigenvalue weighted by molar-refractivity contribution is 5.79. The van der Waals surface area contributed by atoms with Gasteiger partial charge < -0.3 is 31.4 Å². The number of ether oxygens (including phenoxy) is 2. The second kappa shape index (κ2) is 11.1. The van der Waals surface area contributed by atoms with E-state index in [1.165, 1.54) is 0 Å². The van der Waals surface area contributed by atoms with E-state index in [9.17, 15) is 4.79 Å². The predicted molar refractivity (Wildman–Crippen MR) is 145 cm³/mol. The van der Waals surface area contributed by atoms with E-state index in [0.717, 1.165) is 82.3 Å². The number of allylic oxidation sites excluding steroid dienone is 1. The lowest BCUT2D eigenvalue weighted by Crippen LogP contribution is -3.00. The maximum Gasteiger partial charge on any atom is 0.303 e. The molecule has 1 aromatic carbocycles. The summed E-state index contributed by atoms with van der Waals surface area (Å²) in [5, 5.41) is 9.96. The first-order valence-corrected chi connectivity index (χ1v) is 13.0. The fourth-order valence-corrected chi connectivity index (χ4v) is 5.26. The van der Waals surface area contributed by atoms with Crippen LogP contribution in [0.3, 0.4) is 0 Å². The molecule has 0 aromatic heterocycles. The van der Waals surface area contributed by atoms with Crippen LogP contribution in [0.15, 0.2) is 58.2 Å². The van der Waals surface area contributed by atoms with Gasteiger partial charge in [-0.2, -0.15) is 0 Å². The normalized spacial score (nSPS) is 15.6. The van der Waals surface area contributed by atoms with Crippen molar-refractivity contribution in [2.45, 2.75) is 51.9 Å². The highest BCUT2D eigenvalue weighted by atomic mass is 35.5. The molecule has 0 fully saturated rings. The van der Waals surface area contributed by atoms with Gasteiger partial charge in [0.05, 0.1) is 13.2 Å². The Morgan fingerprint density at radius 2 is 1.87 bits per heavy atom. The lowest BCUT2D eigenvalue weighted by molar-refractivity contribution is -0.137. The molecule has 0 saturated carbocycles. The van der Waals surface area contributed by atoms with Crippen LogP contribution in [0.1, 0.15) is 63.3 Å². The monoisotopic (exact) mass is 535 g/mol. The predicted octanol–water partition coefficient (Wildman–Crippen LogP) is 2.94. The number of halogens is 1. The smallest absolute Gasteiger partial charge is 0.303 e. The van der Waals surface area contributed by atoms with Gasteiger partial charge in [-0.3, -0.25) is 4.79 Å². The van der Waals surface area contributed by atoms with Crippen molar-refractivity contribution in [2.75, 3.05) is 20.2 Å². The van der Waals surface area contributed by atoms with Crippen molar-refractivity contribution < 1.29 is 36.2 Å². The molecule has 0 saturated heterocycles. The van der Waals surface area contributed by atoms with Crippen LogP contribution in [-0.4, -0.2) is 31.3 Å². The maximum atomic E-state index is 10.8. The first-order valence-electron chi connectivity index (χ1n) is 13.0. The average Bonchev–Trinajstić information content (AvgIpc) is 2.88. The molecule has 7 heteroatoms. The van der Waals surface area contributed by atoms with Gasteiger partial charge in [0, 0.05) is 58.7 Å². The summed E-state index contributed by atoms with van der Waals surface area (Å²) >= 11 is 0. The molecule has 1 aromatic rings. The van der Waals surface area contributed by atoms with E-state index < -0.39 is 5.97 Å². The molecule has 4 aliphatic rings. The topological polar surface area (TPSA) is 71.9 Å². The fraction of sp³-hybridized carbons (Fsp3) is 0.355. The standard InChI is InChI=1S/C31H33NO5.ClH/c1-5-32(14-8-6-7-9-30(33)34)22-12-10-20-15-24-28(36-26(20)17-22)19-29-25(31(24,2)3)16-21-11-13-23(35-4)18-27(21)37-29;/h10-13,15-19H,5-9,14H2,1-4H3;1H. The molecule has 38 heavy (non-hydrogen) atoms. The van der Waals surface area contributed by atoms with Crippen LogP contribution in [0.4, 0.5) is 0 Å². The van der Waals surface area contributed by atoms with Gasteiger partial charge in [-0.1, -0.05) is 13.8 Å². The molecule has 6 nitrogen and oxygen atoms in total. The zero-order valence-corrected chi connectivity index (χ0v) is 23.1. The molecule has 1 N–H and O–H groups in total. The zero-order chi connectivity index (χ0) is 26.2. The fourth-order valence-electron chi connectivity index (χ4n) is 5.26. The number of carboxylic acid groups (broad SMARTS) is 1. The van der Waals surface area contributed by atoms with Crippen molar-refractivity contribution in [3.05, 3.63) is 76.0 Å². The number of methoxy groups -OCH3 is 1. The van der Waals surface area contributed by atoms with Gasteiger partial charge in [0.1, 0.15) is 41.9 Å². The van der Waals surface area contributed by atoms with Gasteiger partial charge in [0.25, 0.3) is 0 Å². The van der Waals surface area contributed by atoms with Crippen molar-refractivity contribution in [2.24, 2.45) is 0 Å². The van der Waals surface area contributed by atoms with Crippen molar-refractivity contribution in [3.8, 4) is 22.8 Å². The summed E-state index contributed by atoms with van der Waals surface area (Å²) in [7, 11) is 1.66. The summed E-state index contributed by atoms with van der Waals surface area (Å²) in [5.74, 6) is 3.25. The van der Waals surface area contributed by atoms with Gasteiger partial charge in [-0.15, -0.1) is 0 Å². The van der Waals surface area contributed by atoms with Crippen LogP contribution in [-0.2, 0) is 10.2 Å². The second-order valence-electron chi connectivity index (χ2n) is 10.2. The third-order valence-electron chi connectivity index (χ3n) is 7.46. The SMILES string of the molecule is CC[N+](CCCCCC(=O)O)=c1ccc2cc3c(oc-2c1)C=C1Oc2cc(OC)ccc2C=C1C3(C)C.[Cl-]. The molecular weight excluding hydrogens is 502 g/mol. The van der Waals surface area contributed by atoms with Crippen molar-refractivity contribution >= 4 is 18.1 Å². The van der Waals surface area contributed by atoms with Gasteiger partial charge >= 0.3 is 5.97 Å². The lowest BCUT2D eigenvalue weighted by Gasteiger charge is -2.37. The van der Waals surface area contributed by atoms with Crippen LogP contribution in [0.5, 0.6) is 11.5 Å². The first-order chi connectivity index (χ1) is 17.8. The van der Waals surface area contributed by atoms with Gasteiger partial charge in [-0.25, -0.2) is 4.58 Å². The molecule has 0 atom stereocenters. The largest absolute Gasteiger partial charge is 1.00 e. The third kappa shape index (κ3) is 5.23. The number of nitrogens with zero attached hydrogens (tertiary/aromatic N) is 1. The average molecular weight is 536 g/mol. The zero-order valence-electron chi connectivity index (χ0n) is 22.3. The highest BCUT2D eigenvalue weighted by Gasteiger charge is 2.39. The number of benzene rings is 2. The Hall–Kier alpha value is -3.51. The Bertz CT molecular complexity index is 1460. The summed E-state index contributed by atoms with van der Waals surface area (Å²) in [6, 6.07) is 14.5. The minimum atomic E-state index is -0.727. The summed E-state index contributed by atoms with van der Waals surface area (Å²) in [6.07, 6.45) is 7.02. The first kappa shape index (κ1) is 27.5. The van der Waals surface area contributed by atoms with Gasteiger partial charge in [-0.05, 0) is 50.1 Å². The van der Waals surface area contributed by atoms with Crippen LogP contribution in [0.25, 0.3) is 23.5 Å². The Kier molecular flexibility index (Phi) is 8.02. The minimum Gasteiger partial charge on any atom is -1.00 e. The molecule has 0 unspecified atom stereocenters. The van der Waals surface area contributed by atoms with E-state index in [2.05, 4.69) is 55.7 Å². The summed E-state index contributed by atoms with van der Waals surface area (Å²) in [6.45, 7) is 8.31. The van der Waals surface area contributed by atoms with E-state index in [1.807, 2.05) is 24.3 Å². The van der Waals surface area contributed by atoms with E-state index in [0.29, 0.717) is 6.42 Å². The quantitative estimate of drug-likeness (QED) is 0.355. The Morgan fingerprint density at radius 1 is 1.05 bits per heavy atom. The number of fused-ring (bicyclic) bond motifs is 4. The second-order valence-corrected chi connectivity index (χ2v) is 10.2. The highest BCUT2D eigenvalue weighted by Crippen LogP contribution is 2.49. The molecule has 0 spiro atoms. The maximum absolute atomic E-state index is 10.8. The molecule has 0 radical (unpaired) electrons. The number of unbranched alkanes of at least 4 members (excludes halogenated alkanes) is 2. The van der Waals surface area contributed by atoms with Crippen LogP contribution in [0.2, 0.25) is 0 Å². The van der Waals surface area contributed by atoms with Gasteiger partial charge in [0.2, 0.25) is 5.36 Å². The van der Waals surface area contributed by atoms with E-state index >= 15 is 0 Å². The number of hydrogen-bond donors (Lipinski definition) is 1. The van der Waals surface area contributed by atoms with Crippen LogP contribution in [0, 0.1) is 0 Å². The number of carbonyl (C=O) groups is 1. The Balaban J connectivity index is 0.00000336. The molecule has 0 amide bonds. The number of rotatable bonds is 8. The van der Waals surface area contributed by atoms with Crippen molar-refractivity contribution in [1.29, 1.82) is 0 Å². The lowest BCUT2D eigenvalue weighted by atomic mass is 9.71. The Labute approximate surface area is 229 Å². The molecular formula is C31H34ClNO5. The molecule has 2 heterocycles. The number of carboxylic acids is 1. The van der Waals surface area contributed by atoms with E-state index in [-0.39, 0.29) is 24.2 Å². The van der Waals surface area contributed by atoms with E-state index in [4.69, 9.17) is 19.0 Å². The van der Waals surface area contributed by atoms with Gasteiger partial charge in [0.15, 0.2) is 0 Å². The van der Waals surface area contributed by atoms with Crippen molar-refractivity contribution in [1.82, 2.24) is 4.58 Å². The van der Waals surface area contributed by atoms with Crippen LogP contribution < -0.4 is 31.8 Å². The number of hydrogen-bond acceptors (Lipinski definition) is 4. The molecule has 2 aliphatic heterocycles. The summed E-state index contributed by atoms with van der Waals surface area (Å²) in [5.41, 5.74) is 4.07. The molecule has 5 rings (SSSR count). The third-order valence-corrected chi connectivity index (χ3v) is 7.46. The van der Waals surface area contributed by atoms with E-state index in [1.54, 1.807) is 7.11 Å². The minimum absolute atomic E-state index is 0. The number of aliphatic carboxylic acids is 1. The summed E-state index contributed by atoms with van der Waals surface area (Å²) < 4.78 is 20.5. The molecule has 2 aliphatic carbocycles. The van der Waals surface area contributed by atoms with Crippen molar-refractivity contribution in [3.63, 3.8) is 0 Å². The molecule has 200 valence electrons. The van der Waals surface area contributed by atoms with Crippen LogP contribution >= 0.6 is 0 Å². The Morgan fingerprint density at radius 3 is 2.61 bits per heavy atom.